The molecule has 0 heterocycles. The number of nitrogens with one attached hydrogen (secondary N) is 1. The quantitative estimate of drug-likeness (QED) is 0.708. The van der Waals surface area contributed by atoms with Gasteiger partial charge in [-0.3, -0.25) is 4.79 Å². The van der Waals surface area contributed by atoms with Gasteiger partial charge in [-0.25, -0.2) is 0 Å². The molecule has 0 aromatic heterocycles. The number of anilines is 1. The van der Waals surface area contributed by atoms with Crippen LogP contribution in [0.3, 0.4) is 0 Å². The molecule has 0 unspecified atom stereocenters. The van der Waals surface area contributed by atoms with Crippen LogP contribution in [0.4, 0.5) is 5.69 Å². The molecular formula is C18H20INO4. The zero-order chi connectivity index (χ0) is 17.9. The summed E-state index contributed by atoms with van der Waals surface area (Å²) in [5.74, 6) is 1.10. The van der Waals surface area contributed by atoms with Crippen LogP contribution in [0.1, 0.15) is 21.5 Å². The lowest BCUT2D eigenvalue weighted by Gasteiger charge is -2.15. The zero-order valence-corrected chi connectivity index (χ0v) is 16.5. The first-order chi connectivity index (χ1) is 11.4. The molecule has 0 aliphatic carbocycles. The molecule has 6 heteroatoms. The van der Waals surface area contributed by atoms with E-state index >= 15 is 0 Å². The van der Waals surface area contributed by atoms with Crippen molar-refractivity contribution in [2.45, 2.75) is 13.8 Å². The molecule has 24 heavy (non-hydrogen) atoms. The maximum Gasteiger partial charge on any atom is 0.255 e. The highest BCUT2D eigenvalue weighted by atomic mass is 127. The number of carbonyl (C=O) groups excluding carboxylic acids is 1. The Morgan fingerprint density at radius 1 is 0.917 bits per heavy atom. The number of aryl methyl sites for hydroxylation is 2. The van der Waals surface area contributed by atoms with Crippen LogP contribution in [0, 0.1) is 17.4 Å². The minimum absolute atomic E-state index is 0.238. The first-order valence-electron chi connectivity index (χ1n) is 7.29. The third kappa shape index (κ3) is 3.75. The fraction of sp³-hybridized carbons (Fsp3) is 0.278. The molecule has 0 aliphatic rings. The topological polar surface area (TPSA) is 56.8 Å². The minimum atomic E-state index is -0.238. The Morgan fingerprint density at radius 2 is 1.50 bits per heavy atom. The lowest BCUT2D eigenvalue weighted by molar-refractivity contribution is 0.102. The summed E-state index contributed by atoms with van der Waals surface area (Å²) in [7, 11) is 4.56. The molecule has 0 fully saturated rings. The van der Waals surface area contributed by atoms with Gasteiger partial charge in [0.05, 0.1) is 21.3 Å². The number of halogens is 1. The number of carbonyl (C=O) groups is 1. The lowest BCUT2D eigenvalue weighted by Crippen LogP contribution is -2.14. The Kier molecular flexibility index (Phi) is 5.93. The van der Waals surface area contributed by atoms with Gasteiger partial charge in [-0.05, 0) is 71.8 Å². The molecule has 0 atom stereocenters. The maximum atomic E-state index is 12.6. The summed E-state index contributed by atoms with van der Waals surface area (Å²) in [5, 5.41) is 2.94. The second-order valence-corrected chi connectivity index (χ2v) is 6.45. The van der Waals surface area contributed by atoms with Gasteiger partial charge in [0.15, 0.2) is 11.5 Å². The third-order valence-corrected chi connectivity index (χ3v) is 4.84. The van der Waals surface area contributed by atoms with Gasteiger partial charge < -0.3 is 19.5 Å². The van der Waals surface area contributed by atoms with Crippen molar-refractivity contribution in [2.24, 2.45) is 0 Å². The van der Waals surface area contributed by atoms with E-state index in [0.717, 1.165) is 20.4 Å². The lowest BCUT2D eigenvalue weighted by atomic mass is 10.1. The molecule has 0 aliphatic heterocycles. The Balaban J connectivity index is 2.38. The van der Waals surface area contributed by atoms with Crippen LogP contribution >= 0.6 is 22.6 Å². The van der Waals surface area contributed by atoms with Crippen LogP contribution in [-0.2, 0) is 0 Å². The van der Waals surface area contributed by atoms with E-state index in [4.69, 9.17) is 14.2 Å². The predicted molar refractivity (Wildman–Crippen MR) is 103 cm³/mol. The Labute approximate surface area is 155 Å². The fourth-order valence-electron chi connectivity index (χ4n) is 2.32. The fourth-order valence-corrected chi connectivity index (χ4v) is 2.95. The van der Waals surface area contributed by atoms with E-state index in [2.05, 4.69) is 27.9 Å². The third-order valence-electron chi connectivity index (χ3n) is 3.68. The summed E-state index contributed by atoms with van der Waals surface area (Å²) in [4.78, 5) is 12.6. The van der Waals surface area contributed by atoms with Gasteiger partial charge in [-0.1, -0.05) is 0 Å². The van der Waals surface area contributed by atoms with E-state index in [1.807, 2.05) is 26.0 Å². The number of benzene rings is 2. The number of amides is 1. The van der Waals surface area contributed by atoms with Crippen molar-refractivity contribution in [2.75, 3.05) is 26.6 Å². The van der Waals surface area contributed by atoms with Gasteiger partial charge in [0.1, 0.15) is 0 Å². The summed E-state index contributed by atoms with van der Waals surface area (Å²) >= 11 is 2.28. The maximum absolute atomic E-state index is 12.6. The molecule has 5 nitrogen and oxygen atoms in total. The van der Waals surface area contributed by atoms with Gasteiger partial charge in [0, 0.05) is 14.8 Å². The molecule has 128 valence electrons. The Morgan fingerprint density at radius 3 is 2.00 bits per heavy atom. The van der Waals surface area contributed by atoms with Gasteiger partial charge in [0.2, 0.25) is 5.75 Å². The molecule has 2 aromatic rings. The predicted octanol–water partition coefficient (Wildman–Crippen LogP) is 4.19. The van der Waals surface area contributed by atoms with Crippen molar-refractivity contribution in [3.8, 4) is 17.2 Å². The van der Waals surface area contributed by atoms with E-state index in [9.17, 15) is 4.79 Å². The van der Waals surface area contributed by atoms with E-state index in [-0.39, 0.29) is 5.91 Å². The van der Waals surface area contributed by atoms with Gasteiger partial charge in [-0.2, -0.15) is 0 Å². The second-order valence-electron chi connectivity index (χ2n) is 5.28. The van der Waals surface area contributed by atoms with E-state index < -0.39 is 0 Å². The van der Waals surface area contributed by atoms with E-state index in [0.29, 0.717) is 22.8 Å². The number of rotatable bonds is 5. The van der Waals surface area contributed by atoms with Gasteiger partial charge in [-0.15, -0.1) is 0 Å². The zero-order valence-electron chi connectivity index (χ0n) is 14.3. The summed E-state index contributed by atoms with van der Waals surface area (Å²) < 4.78 is 17.0. The highest BCUT2D eigenvalue weighted by Crippen LogP contribution is 2.38. The van der Waals surface area contributed by atoms with Crippen LogP contribution < -0.4 is 19.5 Å². The standard InChI is InChI=1S/C18H20INO4/c1-10-7-14(11(2)6-13(10)19)20-18(21)12-8-15(22-3)17(24-5)16(9-12)23-4/h6-9H,1-5H3,(H,20,21). The van der Waals surface area contributed by atoms with Crippen LogP contribution in [-0.4, -0.2) is 27.2 Å². The molecule has 2 aromatic carbocycles. The Bertz CT molecular complexity index is 749. The molecular weight excluding hydrogens is 421 g/mol. The van der Waals surface area contributed by atoms with Crippen molar-refractivity contribution in [1.82, 2.24) is 0 Å². The van der Waals surface area contributed by atoms with Crippen molar-refractivity contribution < 1.29 is 19.0 Å². The summed E-state index contributed by atoms with van der Waals surface area (Å²) in [6.07, 6.45) is 0. The minimum Gasteiger partial charge on any atom is -0.493 e. The van der Waals surface area contributed by atoms with Crippen LogP contribution in [0.5, 0.6) is 17.2 Å². The summed E-state index contributed by atoms with van der Waals surface area (Å²) in [5.41, 5.74) is 3.33. The molecule has 0 radical (unpaired) electrons. The molecule has 1 N–H and O–H groups in total. The number of hydrogen-bond donors (Lipinski definition) is 1. The molecule has 0 spiro atoms. The van der Waals surface area contributed by atoms with Crippen molar-refractivity contribution in [1.29, 1.82) is 0 Å². The molecule has 0 saturated heterocycles. The van der Waals surface area contributed by atoms with Crippen molar-refractivity contribution in [3.63, 3.8) is 0 Å². The van der Waals surface area contributed by atoms with E-state index in [1.54, 1.807) is 12.1 Å². The number of hydrogen-bond acceptors (Lipinski definition) is 4. The van der Waals surface area contributed by atoms with Crippen LogP contribution in [0.15, 0.2) is 24.3 Å². The Hall–Kier alpha value is -1.96. The monoisotopic (exact) mass is 441 g/mol. The number of methoxy groups -OCH3 is 3. The molecule has 1 amide bonds. The summed E-state index contributed by atoms with van der Waals surface area (Å²) in [6.45, 7) is 3.97. The van der Waals surface area contributed by atoms with Crippen molar-refractivity contribution >= 4 is 34.2 Å². The average Bonchev–Trinajstić information content (AvgIpc) is 2.57. The number of ether oxygens (including phenoxy) is 3. The SMILES string of the molecule is COc1cc(C(=O)Nc2cc(C)c(I)cc2C)cc(OC)c1OC. The highest BCUT2D eigenvalue weighted by molar-refractivity contribution is 14.1. The molecule has 0 bridgehead atoms. The van der Waals surface area contributed by atoms with Crippen molar-refractivity contribution in [3.05, 3.63) is 44.5 Å². The summed E-state index contributed by atoms with van der Waals surface area (Å²) in [6, 6.07) is 7.27. The molecule has 0 saturated carbocycles. The highest BCUT2D eigenvalue weighted by Gasteiger charge is 2.17. The van der Waals surface area contributed by atoms with E-state index in [1.165, 1.54) is 21.3 Å². The van der Waals surface area contributed by atoms with Crippen LogP contribution in [0.25, 0.3) is 0 Å². The average molecular weight is 441 g/mol. The molecule has 2 rings (SSSR count). The normalized spacial score (nSPS) is 10.2. The van der Waals surface area contributed by atoms with Gasteiger partial charge in [0.25, 0.3) is 5.91 Å². The largest absolute Gasteiger partial charge is 0.493 e. The second kappa shape index (κ2) is 7.74. The van der Waals surface area contributed by atoms with Crippen LogP contribution in [0.2, 0.25) is 0 Å². The smallest absolute Gasteiger partial charge is 0.255 e. The first-order valence-corrected chi connectivity index (χ1v) is 8.37. The van der Waals surface area contributed by atoms with Gasteiger partial charge >= 0.3 is 0 Å². The first kappa shape index (κ1) is 18.4.